The summed E-state index contributed by atoms with van der Waals surface area (Å²) in [5.41, 5.74) is 1.66. The first-order valence-corrected chi connectivity index (χ1v) is 13.5. The summed E-state index contributed by atoms with van der Waals surface area (Å²) in [6.45, 7) is 3.60. The highest BCUT2D eigenvalue weighted by atomic mass is 16.5. The minimum atomic E-state index is -0.914. The van der Waals surface area contributed by atoms with E-state index < -0.39 is 11.0 Å². The molecule has 0 radical (unpaired) electrons. The van der Waals surface area contributed by atoms with Gasteiger partial charge in [-0.15, -0.1) is 0 Å². The lowest BCUT2D eigenvalue weighted by molar-refractivity contribution is -0.134. The molecular formula is C30H37N3O4. The summed E-state index contributed by atoms with van der Waals surface area (Å²) in [7, 11) is 1.63. The number of carbonyl (C=O) groups excluding carboxylic acids is 2. The zero-order chi connectivity index (χ0) is 26.0. The molecule has 5 rings (SSSR count). The number of hydrogen-bond donors (Lipinski definition) is 1. The van der Waals surface area contributed by atoms with Crippen LogP contribution in [0.1, 0.15) is 70.8 Å². The van der Waals surface area contributed by atoms with Gasteiger partial charge in [0.1, 0.15) is 11.5 Å². The number of nitrogens with one attached hydrogen (secondary N) is 1. The number of nitrogens with zero attached hydrogens (tertiary/aromatic N) is 2. The Balaban J connectivity index is 1.20. The molecule has 1 heterocycles. The van der Waals surface area contributed by atoms with Gasteiger partial charge in [-0.05, 0) is 101 Å². The fourth-order valence-electron chi connectivity index (χ4n) is 5.37. The molecule has 2 fully saturated rings. The smallest absolute Gasteiger partial charge is 0.263 e. The summed E-state index contributed by atoms with van der Waals surface area (Å²) >= 11 is 0. The number of anilines is 1. The largest absolute Gasteiger partial charge is 0.497 e. The summed E-state index contributed by atoms with van der Waals surface area (Å²) < 4.78 is 11.3. The van der Waals surface area contributed by atoms with Crippen LogP contribution in [0.15, 0.2) is 53.6 Å². The number of carbonyl (C=O) groups is 2. The molecule has 0 unspecified atom stereocenters. The van der Waals surface area contributed by atoms with Crippen LogP contribution in [0.2, 0.25) is 0 Å². The normalized spacial score (nSPS) is 18.7. The summed E-state index contributed by atoms with van der Waals surface area (Å²) in [5, 5.41) is 9.48. The van der Waals surface area contributed by atoms with Crippen molar-refractivity contribution in [2.24, 2.45) is 10.5 Å². The van der Waals surface area contributed by atoms with Crippen LogP contribution >= 0.6 is 0 Å². The van der Waals surface area contributed by atoms with Crippen molar-refractivity contribution in [3.8, 4) is 11.5 Å². The monoisotopic (exact) mass is 503 g/mol. The Bertz CT molecular complexity index is 1160. The number of methoxy groups -OCH3 is 1. The molecule has 1 aliphatic heterocycles. The van der Waals surface area contributed by atoms with Crippen LogP contribution < -0.4 is 19.8 Å². The maximum Gasteiger partial charge on any atom is 0.263 e. The molecule has 7 heteroatoms. The van der Waals surface area contributed by atoms with Crippen molar-refractivity contribution in [3.63, 3.8) is 0 Å². The molecule has 2 aliphatic carbocycles. The summed E-state index contributed by atoms with van der Waals surface area (Å²) in [6.07, 6.45) is 8.61. The van der Waals surface area contributed by atoms with E-state index in [0.717, 1.165) is 74.9 Å². The Morgan fingerprint density at radius 1 is 1.03 bits per heavy atom. The number of hydrogen-bond acceptors (Lipinski definition) is 5. The van der Waals surface area contributed by atoms with Crippen LogP contribution in [0.5, 0.6) is 11.5 Å². The van der Waals surface area contributed by atoms with E-state index in [-0.39, 0.29) is 11.8 Å². The predicted octanol–water partition coefficient (Wildman–Crippen LogP) is 5.42. The molecule has 196 valence electrons. The molecule has 1 spiro atoms. The second-order valence-electron chi connectivity index (χ2n) is 11.0. The van der Waals surface area contributed by atoms with Crippen LogP contribution in [-0.4, -0.2) is 36.3 Å². The van der Waals surface area contributed by atoms with Crippen LogP contribution in [-0.2, 0) is 16.0 Å². The second-order valence-corrected chi connectivity index (χ2v) is 11.0. The number of hydrazone groups is 1. The number of amides is 2. The van der Waals surface area contributed by atoms with Crippen LogP contribution in [0.4, 0.5) is 5.69 Å². The SMILES string of the molecule is COc1ccc(N2N=C(CCCc3ccc(OC(C)(C)C(=O)NC4CC4)cc3)C3(CCCC3)C2=O)cc1. The standard InChI is InChI=1S/C30H37N3O4/c1-29(2,27(34)31-22-11-12-22)37-25-15-9-21(10-16-25)7-6-8-26-30(19-4-5-20-30)28(35)33(32-26)23-13-17-24(36-3)18-14-23/h9-10,13-18,22H,4-8,11-12,19-20H2,1-3H3,(H,31,34). The van der Waals surface area contributed by atoms with Crippen molar-refractivity contribution in [2.75, 3.05) is 12.1 Å². The molecule has 2 saturated carbocycles. The fourth-order valence-corrected chi connectivity index (χ4v) is 5.37. The van der Waals surface area contributed by atoms with Gasteiger partial charge in [-0.2, -0.15) is 10.1 Å². The summed E-state index contributed by atoms with van der Waals surface area (Å²) in [5.74, 6) is 1.48. The molecule has 2 aromatic rings. The highest BCUT2D eigenvalue weighted by Crippen LogP contribution is 2.47. The molecule has 3 aliphatic rings. The average Bonchev–Trinajstić information content (AvgIpc) is 3.50. The first kappa shape index (κ1) is 25.3. The van der Waals surface area contributed by atoms with E-state index in [1.165, 1.54) is 5.56 Å². The van der Waals surface area contributed by atoms with E-state index in [0.29, 0.717) is 11.8 Å². The average molecular weight is 504 g/mol. The molecule has 37 heavy (non-hydrogen) atoms. The molecule has 0 aromatic heterocycles. The zero-order valence-electron chi connectivity index (χ0n) is 22.1. The zero-order valence-corrected chi connectivity index (χ0v) is 22.1. The number of rotatable bonds is 10. The number of benzene rings is 2. The summed E-state index contributed by atoms with van der Waals surface area (Å²) in [6, 6.07) is 15.8. The molecule has 2 amide bonds. The molecule has 0 atom stereocenters. The first-order chi connectivity index (χ1) is 17.8. The highest BCUT2D eigenvalue weighted by Gasteiger charge is 2.52. The highest BCUT2D eigenvalue weighted by molar-refractivity contribution is 6.19. The maximum atomic E-state index is 13.5. The third kappa shape index (κ3) is 5.36. The first-order valence-electron chi connectivity index (χ1n) is 13.5. The van der Waals surface area contributed by atoms with Gasteiger partial charge >= 0.3 is 0 Å². The van der Waals surface area contributed by atoms with Gasteiger partial charge in [-0.3, -0.25) is 9.59 Å². The van der Waals surface area contributed by atoms with Crippen molar-refractivity contribution in [1.29, 1.82) is 0 Å². The lowest BCUT2D eigenvalue weighted by atomic mass is 9.78. The number of ether oxygens (including phenoxy) is 2. The van der Waals surface area contributed by atoms with Crippen molar-refractivity contribution in [1.82, 2.24) is 5.32 Å². The van der Waals surface area contributed by atoms with Gasteiger partial charge in [0.2, 0.25) is 0 Å². The minimum Gasteiger partial charge on any atom is -0.497 e. The van der Waals surface area contributed by atoms with E-state index >= 15 is 0 Å². The van der Waals surface area contributed by atoms with Crippen molar-refractivity contribution in [3.05, 3.63) is 54.1 Å². The van der Waals surface area contributed by atoms with E-state index in [4.69, 9.17) is 14.6 Å². The van der Waals surface area contributed by atoms with Gasteiger partial charge in [-0.25, -0.2) is 0 Å². The lowest BCUT2D eigenvalue weighted by Crippen LogP contribution is -2.47. The van der Waals surface area contributed by atoms with Crippen LogP contribution in [0, 0.1) is 5.41 Å². The van der Waals surface area contributed by atoms with E-state index in [1.807, 2.05) is 36.4 Å². The second kappa shape index (κ2) is 10.2. The molecule has 0 saturated heterocycles. The minimum absolute atomic E-state index is 0.0736. The van der Waals surface area contributed by atoms with E-state index in [9.17, 15) is 9.59 Å². The third-order valence-electron chi connectivity index (χ3n) is 7.78. The van der Waals surface area contributed by atoms with Gasteiger partial charge in [0.15, 0.2) is 5.60 Å². The topological polar surface area (TPSA) is 80.2 Å². The van der Waals surface area contributed by atoms with Gasteiger partial charge in [0, 0.05) is 6.04 Å². The number of aryl methyl sites for hydroxylation is 1. The molecule has 2 aromatic carbocycles. The maximum absolute atomic E-state index is 13.5. The van der Waals surface area contributed by atoms with Gasteiger partial charge in [0.25, 0.3) is 11.8 Å². The lowest BCUT2D eigenvalue weighted by Gasteiger charge is -2.25. The van der Waals surface area contributed by atoms with Crippen molar-refractivity contribution >= 4 is 23.2 Å². The Kier molecular flexibility index (Phi) is 6.97. The molecule has 1 N–H and O–H groups in total. The van der Waals surface area contributed by atoms with E-state index in [1.54, 1.807) is 26.0 Å². The van der Waals surface area contributed by atoms with Gasteiger partial charge in [-0.1, -0.05) is 25.0 Å². The Labute approximate surface area is 219 Å². The van der Waals surface area contributed by atoms with Crippen molar-refractivity contribution < 1.29 is 19.1 Å². The Hall–Kier alpha value is -3.35. The Morgan fingerprint density at radius 3 is 2.30 bits per heavy atom. The summed E-state index contributed by atoms with van der Waals surface area (Å²) in [4.78, 5) is 26.0. The van der Waals surface area contributed by atoms with E-state index in [2.05, 4.69) is 17.4 Å². The van der Waals surface area contributed by atoms with Gasteiger partial charge in [0.05, 0.1) is 23.9 Å². The van der Waals surface area contributed by atoms with Gasteiger partial charge < -0.3 is 14.8 Å². The predicted molar refractivity (Wildman–Crippen MR) is 144 cm³/mol. The molecule has 0 bridgehead atoms. The third-order valence-corrected chi connectivity index (χ3v) is 7.78. The van der Waals surface area contributed by atoms with Crippen LogP contribution in [0.3, 0.4) is 0 Å². The van der Waals surface area contributed by atoms with Crippen LogP contribution in [0.25, 0.3) is 0 Å². The quantitative estimate of drug-likeness (QED) is 0.470. The molecular weight excluding hydrogens is 466 g/mol. The van der Waals surface area contributed by atoms with Crippen molar-refractivity contribution in [2.45, 2.75) is 83.3 Å². The molecule has 7 nitrogen and oxygen atoms in total. The fraction of sp³-hybridized carbons (Fsp3) is 0.500. The Morgan fingerprint density at radius 2 is 1.68 bits per heavy atom.